The van der Waals surface area contributed by atoms with Gasteiger partial charge in [-0.3, -0.25) is 24.1 Å². The van der Waals surface area contributed by atoms with Crippen LogP contribution < -0.4 is 0 Å². The van der Waals surface area contributed by atoms with Gasteiger partial charge < -0.3 is 0 Å². The van der Waals surface area contributed by atoms with Gasteiger partial charge in [0.05, 0.1) is 6.42 Å². The standard InChI is InChI=1S/C23H21NO4/c1-23(2)9-7-12(8-10-23)24-21(27)15-5-3-13-17(25)11-18(26)14-4-6-16(22(24)28)20(15)19(13)14/h3-6,12H,7-11H2,1-2H3. The molecule has 1 aliphatic heterocycles. The molecule has 2 aromatic rings. The summed E-state index contributed by atoms with van der Waals surface area (Å²) in [6.07, 6.45) is 3.38. The monoisotopic (exact) mass is 375 g/mol. The smallest absolute Gasteiger partial charge is 0.261 e. The molecular weight excluding hydrogens is 354 g/mol. The van der Waals surface area contributed by atoms with E-state index >= 15 is 0 Å². The fraction of sp³-hybridized carbons (Fsp3) is 0.391. The van der Waals surface area contributed by atoms with Crippen molar-refractivity contribution in [2.24, 2.45) is 5.41 Å². The van der Waals surface area contributed by atoms with Gasteiger partial charge in [-0.15, -0.1) is 0 Å². The molecule has 5 heteroatoms. The number of ketones is 2. The maximum absolute atomic E-state index is 13.3. The maximum atomic E-state index is 13.3. The number of carbonyl (C=O) groups is 4. The van der Waals surface area contributed by atoms with E-state index in [4.69, 9.17) is 0 Å². The molecule has 0 saturated heterocycles. The molecule has 2 aliphatic carbocycles. The minimum atomic E-state index is -0.309. The van der Waals surface area contributed by atoms with E-state index in [1.165, 1.54) is 4.90 Å². The van der Waals surface area contributed by atoms with E-state index in [2.05, 4.69) is 13.8 Å². The van der Waals surface area contributed by atoms with Crippen LogP contribution in [0.2, 0.25) is 0 Å². The molecule has 1 fully saturated rings. The van der Waals surface area contributed by atoms with E-state index in [1.807, 2.05) is 0 Å². The third-order valence-electron chi connectivity index (χ3n) is 6.65. The summed E-state index contributed by atoms with van der Waals surface area (Å²) in [5.41, 5.74) is 1.94. The van der Waals surface area contributed by atoms with Crippen molar-refractivity contribution < 1.29 is 19.2 Å². The zero-order chi connectivity index (χ0) is 19.8. The lowest BCUT2D eigenvalue weighted by molar-refractivity contribution is 0.0449. The van der Waals surface area contributed by atoms with E-state index in [1.54, 1.807) is 24.3 Å². The molecular formula is C23H21NO4. The van der Waals surface area contributed by atoms with Gasteiger partial charge in [0.25, 0.3) is 11.8 Å². The molecule has 0 radical (unpaired) electrons. The van der Waals surface area contributed by atoms with Crippen LogP contribution in [0.3, 0.4) is 0 Å². The zero-order valence-corrected chi connectivity index (χ0v) is 16.0. The molecule has 0 atom stereocenters. The van der Waals surface area contributed by atoms with E-state index in [-0.39, 0.29) is 41.3 Å². The second-order valence-electron chi connectivity index (χ2n) is 8.97. The molecule has 0 unspecified atom stereocenters. The average molecular weight is 375 g/mol. The molecule has 2 amide bonds. The maximum Gasteiger partial charge on any atom is 0.261 e. The predicted molar refractivity (Wildman–Crippen MR) is 104 cm³/mol. The molecule has 0 N–H and O–H groups in total. The molecule has 5 nitrogen and oxygen atoms in total. The molecule has 0 bridgehead atoms. The lowest BCUT2D eigenvalue weighted by atomic mass is 9.74. The van der Waals surface area contributed by atoms with Crippen LogP contribution in [0.4, 0.5) is 0 Å². The number of rotatable bonds is 1. The number of nitrogens with zero attached hydrogens (tertiary/aromatic N) is 1. The molecule has 5 rings (SSSR count). The minimum absolute atomic E-state index is 0.105. The Morgan fingerprint density at radius 3 is 1.68 bits per heavy atom. The summed E-state index contributed by atoms with van der Waals surface area (Å²) in [6, 6.07) is 6.46. The molecule has 28 heavy (non-hydrogen) atoms. The summed E-state index contributed by atoms with van der Waals surface area (Å²) in [5, 5.41) is 0.946. The highest BCUT2D eigenvalue weighted by Gasteiger charge is 2.41. The molecule has 0 aromatic heterocycles. The number of hydrogen-bond acceptors (Lipinski definition) is 4. The van der Waals surface area contributed by atoms with E-state index < -0.39 is 0 Å². The summed E-state index contributed by atoms with van der Waals surface area (Å²) >= 11 is 0. The summed E-state index contributed by atoms with van der Waals surface area (Å²) in [6.45, 7) is 4.43. The predicted octanol–water partition coefficient (Wildman–Crippen LogP) is 4.17. The summed E-state index contributed by atoms with van der Waals surface area (Å²) < 4.78 is 0. The molecule has 142 valence electrons. The largest absolute Gasteiger partial charge is 0.294 e. The van der Waals surface area contributed by atoms with Gasteiger partial charge in [-0.2, -0.15) is 0 Å². The van der Waals surface area contributed by atoms with E-state index in [9.17, 15) is 19.2 Å². The lowest BCUT2D eigenvalue weighted by Gasteiger charge is -2.40. The Morgan fingerprint density at radius 1 is 0.750 bits per heavy atom. The van der Waals surface area contributed by atoms with Gasteiger partial charge >= 0.3 is 0 Å². The third-order valence-corrected chi connectivity index (χ3v) is 6.65. The SMILES string of the molecule is CC1(C)CCC(N2C(=O)c3ccc4c5c(ccc(c35)C2=O)C(=O)CC4=O)CC1. The van der Waals surface area contributed by atoms with Gasteiger partial charge in [-0.25, -0.2) is 0 Å². The van der Waals surface area contributed by atoms with Crippen molar-refractivity contribution in [2.45, 2.75) is 52.0 Å². The van der Waals surface area contributed by atoms with Crippen LogP contribution in [0.5, 0.6) is 0 Å². The third kappa shape index (κ3) is 2.25. The Hall–Kier alpha value is -2.82. The number of benzene rings is 2. The van der Waals surface area contributed by atoms with Gasteiger partial charge in [-0.1, -0.05) is 13.8 Å². The fourth-order valence-corrected chi connectivity index (χ4v) is 4.98. The highest BCUT2D eigenvalue weighted by molar-refractivity contribution is 6.34. The van der Waals surface area contributed by atoms with Crippen LogP contribution >= 0.6 is 0 Å². The number of carbonyl (C=O) groups excluding carboxylic acids is 4. The van der Waals surface area contributed by atoms with Crippen molar-refractivity contribution in [3.05, 3.63) is 46.5 Å². The second-order valence-corrected chi connectivity index (χ2v) is 8.97. The summed E-state index contributed by atoms with van der Waals surface area (Å²) in [5.74, 6) is -1.12. The van der Waals surface area contributed by atoms with Crippen molar-refractivity contribution in [1.82, 2.24) is 4.90 Å². The van der Waals surface area contributed by atoms with Crippen molar-refractivity contribution in [3.63, 3.8) is 0 Å². The first-order chi connectivity index (χ1) is 13.3. The molecule has 2 aromatic carbocycles. The van der Waals surface area contributed by atoms with Crippen LogP contribution in [-0.2, 0) is 0 Å². The Bertz CT molecular complexity index is 1030. The first kappa shape index (κ1) is 17.3. The zero-order valence-electron chi connectivity index (χ0n) is 16.0. The number of imide groups is 1. The van der Waals surface area contributed by atoms with Crippen molar-refractivity contribution in [2.75, 3.05) is 0 Å². The number of hydrogen-bond donors (Lipinski definition) is 0. The highest BCUT2D eigenvalue weighted by atomic mass is 16.2. The lowest BCUT2D eigenvalue weighted by Crippen LogP contribution is -2.49. The molecule has 1 saturated carbocycles. The molecule has 3 aliphatic rings. The topological polar surface area (TPSA) is 71.5 Å². The van der Waals surface area contributed by atoms with Gasteiger partial charge in [-0.05, 0) is 55.4 Å². The van der Waals surface area contributed by atoms with E-state index in [0.717, 1.165) is 25.7 Å². The molecule has 1 heterocycles. The van der Waals surface area contributed by atoms with Crippen molar-refractivity contribution >= 4 is 34.2 Å². The average Bonchev–Trinajstić information content (AvgIpc) is 2.65. The highest BCUT2D eigenvalue weighted by Crippen LogP contribution is 2.41. The van der Waals surface area contributed by atoms with Crippen LogP contribution in [0.15, 0.2) is 24.3 Å². The Labute approximate surface area is 162 Å². The summed E-state index contributed by atoms with van der Waals surface area (Å²) in [4.78, 5) is 52.7. The second kappa shape index (κ2) is 5.60. The number of Topliss-reactive ketones (excluding diaryl/α,β-unsaturated/α-hetero) is 2. The normalized spacial score (nSPS) is 21.6. The minimum Gasteiger partial charge on any atom is -0.294 e. The van der Waals surface area contributed by atoms with Crippen LogP contribution in [0, 0.1) is 5.41 Å². The van der Waals surface area contributed by atoms with Gasteiger partial charge in [0, 0.05) is 39.1 Å². The first-order valence-electron chi connectivity index (χ1n) is 9.82. The van der Waals surface area contributed by atoms with Gasteiger partial charge in [0.2, 0.25) is 0 Å². The summed E-state index contributed by atoms with van der Waals surface area (Å²) in [7, 11) is 0. The van der Waals surface area contributed by atoms with E-state index in [0.29, 0.717) is 33.0 Å². The Balaban J connectivity index is 1.67. The first-order valence-corrected chi connectivity index (χ1v) is 9.82. The van der Waals surface area contributed by atoms with Crippen molar-refractivity contribution in [3.8, 4) is 0 Å². The number of amides is 2. The quantitative estimate of drug-likeness (QED) is 0.554. The molecule has 0 spiro atoms. The van der Waals surface area contributed by atoms with Crippen LogP contribution in [-0.4, -0.2) is 34.3 Å². The van der Waals surface area contributed by atoms with Crippen LogP contribution in [0.25, 0.3) is 10.8 Å². The van der Waals surface area contributed by atoms with Gasteiger partial charge in [0.1, 0.15) is 0 Å². The Kier molecular flexibility index (Phi) is 3.46. The van der Waals surface area contributed by atoms with Crippen LogP contribution in [0.1, 0.15) is 87.4 Å². The Morgan fingerprint density at radius 2 is 1.18 bits per heavy atom. The fourth-order valence-electron chi connectivity index (χ4n) is 4.98. The van der Waals surface area contributed by atoms with Gasteiger partial charge in [0.15, 0.2) is 11.6 Å². The van der Waals surface area contributed by atoms with Crippen molar-refractivity contribution in [1.29, 1.82) is 0 Å².